The van der Waals surface area contributed by atoms with Crippen molar-refractivity contribution >= 4 is 16.8 Å². The monoisotopic (exact) mass is 370 g/mol. The van der Waals surface area contributed by atoms with Crippen LogP contribution in [0.2, 0.25) is 0 Å². The van der Waals surface area contributed by atoms with Gasteiger partial charge in [0, 0.05) is 28.6 Å². The largest absolute Gasteiger partial charge is 0.477 e. The summed E-state index contributed by atoms with van der Waals surface area (Å²) in [4.78, 5) is 24.8. The molecule has 0 bridgehead atoms. The number of carbonyl (C=O) groups excluding carboxylic acids is 1. The minimum atomic E-state index is -0.808. The lowest BCUT2D eigenvalue weighted by molar-refractivity contribution is 0.0792. The lowest BCUT2D eigenvalue weighted by Crippen LogP contribution is -2.19. The van der Waals surface area contributed by atoms with Gasteiger partial charge in [-0.15, -0.1) is 0 Å². The molecule has 4 nitrogen and oxygen atoms in total. The molecular weight excluding hydrogens is 352 g/mol. The fourth-order valence-corrected chi connectivity index (χ4v) is 3.17. The second kappa shape index (κ2) is 7.53. The third-order valence-corrected chi connectivity index (χ3v) is 4.58. The maximum absolute atomic E-state index is 13.1. The van der Waals surface area contributed by atoms with E-state index >= 15 is 0 Å². The number of hydrogen-bond acceptors (Lipinski definition) is 4. The average molecular weight is 370 g/mol. The Morgan fingerprint density at radius 3 is 2.29 bits per heavy atom. The van der Waals surface area contributed by atoms with E-state index < -0.39 is 11.7 Å². The number of ether oxygens (including phenoxy) is 1. The highest BCUT2D eigenvalue weighted by atomic mass is 16.5. The van der Waals surface area contributed by atoms with Gasteiger partial charge in [0.1, 0.15) is 11.3 Å². The number of fused-ring (bicyclic) bond motifs is 1. The Labute approximate surface area is 162 Å². The number of benzene rings is 3. The molecule has 0 saturated carbocycles. The zero-order valence-electron chi connectivity index (χ0n) is 15.3. The molecule has 1 heterocycles. The summed E-state index contributed by atoms with van der Waals surface area (Å²) in [6.07, 6.45) is -0.808. The van der Waals surface area contributed by atoms with Crippen molar-refractivity contribution in [3.05, 3.63) is 112 Å². The Morgan fingerprint density at radius 1 is 0.893 bits per heavy atom. The summed E-state index contributed by atoms with van der Waals surface area (Å²) >= 11 is 0. The van der Waals surface area contributed by atoms with Crippen LogP contribution in [0.3, 0.4) is 0 Å². The van der Waals surface area contributed by atoms with Gasteiger partial charge in [-0.25, -0.2) is 4.79 Å². The SMILES string of the molecule is Cc1cc(=O)oc2cc(O[C@@H](C(=O)c3ccccc3)c3ccccc3)ccc12. The number of Topliss-reactive ketones (excluding diaryl/α,β-unsaturated/α-hetero) is 1. The van der Waals surface area contributed by atoms with Crippen molar-refractivity contribution in [3.8, 4) is 5.75 Å². The highest BCUT2D eigenvalue weighted by Crippen LogP contribution is 2.28. The van der Waals surface area contributed by atoms with Gasteiger partial charge in [-0.1, -0.05) is 60.7 Å². The Bertz CT molecular complexity index is 1180. The topological polar surface area (TPSA) is 56.5 Å². The quantitative estimate of drug-likeness (QED) is 0.362. The van der Waals surface area contributed by atoms with Crippen LogP contribution in [0, 0.1) is 6.92 Å². The van der Waals surface area contributed by atoms with E-state index in [1.165, 1.54) is 6.07 Å². The van der Waals surface area contributed by atoms with Crippen molar-refractivity contribution < 1.29 is 13.9 Å². The van der Waals surface area contributed by atoms with E-state index in [1.807, 2.05) is 61.5 Å². The fourth-order valence-electron chi connectivity index (χ4n) is 3.17. The Kier molecular flexibility index (Phi) is 4.77. The Balaban J connectivity index is 1.75. The van der Waals surface area contributed by atoms with Gasteiger partial charge in [0.05, 0.1) is 0 Å². The van der Waals surface area contributed by atoms with Crippen molar-refractivity contribution in [2.75, 3.05) is 0 Å². The summed E-state index contributed by atoms with van der Waals surface area (Å²) in [5.41, 5.74) is 2.17. The van der Waals surface area contributed by atoms with E-state index in [0.29, 0.717) is 16.9 Å². The second-order valence-electron chi connectivity index (χ2n) is 6.55. The highest BCUT2D eigenvalue weighted by Gasteiger charge is 2.24. The van der Waals surface area contributed by atoms with Gasteiger partial charge in [0.2, 0.25) is 5.78 Å². The first-order valence-electron chi connectivity index (χ1n) is 8.97. The van der Waals surface area contributed by atoms with Crippen LogP contribution in [0.25, 0.3) is 11.0 Å². The molecule has 138 valence electrons. The van der Waals surface area contributed by atoms with E-state index in [-0.39, 0.29) is 5.78 Å². The second-order valence-corrected chi connectivity index (χ2v) is 6.55. The summed E-state index contributed by atoms with van der Waals surface area (Å²) in [6, 6.07) is 25.1. The summed E-state index contributed by atoms with van der Waals surface area (Å²) < 4.78 is 11.4. The maximum atomic E-state index is 13.1. The molecular formula is C24H18O4. The van der Waals surface area contributed by atoms with Crippen molar-refractivity contribution in [2.45, 2.75) is 13.0 Å². The highest BCUT2D eigenvalue weighted by molar-refractivity contribution is 6.00. The van der Waals surface area contributed by atoms with E-state index in [2.05, 4.69) is 0 Å². The smallest absolute Gasteiger partial charge is 0.336 e. The van der Waals surface area contributed by atoms with E-state index in [9.17, 15) is 9.59 Å². The summed E-state index contributed by atoms with van der Waals surface area (Å²) in [6.45, 7) is 1.85. The first-order valence-corrected chi connectivity index (χ1v) is 8.97. The van der Waals surface area contributed by atoms with Gasteiger partial charge in [0.15, 0.2) is 6.10 Å². The molecule has 0 spiro atoms. The van der Waals surface area contributed by atoms with Gasteiger partial charge in [-0.05, 0) is 24.6 Å². The minimum absolute atomic E-state index is 0.141. The van der Waals surface area contributed by atoms with Crippen LogP contribution < -0.4 is 10.4 Å². The van der Waals surface area contributed by atoms with Crippen LogP contribution in [0.5, 0.6) is 5.75 Å². The number of aryl methyl sites for hydroxylation is 1. The van der Waals surface area contributed by atoms with Crippen LogP contribution in [0.1, 0.15) is 27.6 Å². The van der Waals surface area contributed by atoms with Gasteiger partial charge < -0.3 is 9.15 Å². The van der Waals surface area contributed by atoms with Crippen molar-refractivity contribution in [1.29, 1.82) is 0 Å². The molecule has 0 N–H and O–H groups in total. The maximum Gasteiger partial charge on any atom is 0.336 e. The van der Waals surface area contributed by atoms with Crippen LogP contribution in [-0.4, -0.2) is 5.78 Å². The van der Waals surface area contributed by atoms with E-state index in [0.717, 1.165) is 16.5 Å². The molecule has 3 aromatic carbocycles. The molecule has 0 fully saturated rings. The third kappa shape index (κ3) is 3.58. The lowest BCUT2D eigenvalue weighted by Gasteiger charge is -2.19. The fraction of sp³-hybridized carbons (Fsp3) is 0.0833. The third-order valence-electron chi connectivity index (χ3n) is 4.58. The summed E-state index contributed by atoms with van der Waals surface area (Å²) in [5, 5.41) is 0.831. The number of carbonyl (C=O) groups is 1. The van der Waals surface area contributed by atoms with Gasteiger partial charge in [0.25, 0.3) is 0 Å². The van der Waals surface area contributed by atoms with Gasteiger partial charge in [-0.2, -0.15) is 0 Å². The molecule has 0 saturated heterocycles. The van der Waals surface area contributed by atoms with Crippen LogP contribution >= 0.6 is 0 Å². The molecule has 4 rings (SSSR count). The first kappa shape index (κ1) is 17.7. The molecule has 4 aromatic rings. The van der Waals surface area contributed by atoms with Crippen molar-refractivity contribution in [3.63, 3.8) is 0 Å². The minimum Gasteiger partial charge on any atom is -0.477 e. The molecule has 0 unspecified atom stereocenters. The summed E-state index contributed by atoms with van der Waals surface area (Å²) in [5.74, 6) is 0.317. The number of ketones is 1. The Morgan fingerprint density at radius 2 is 1.57 bits per heavy atom. The van der Waals surface area contributed by atoms with E-state index in [1.54, 1.807) is 24.3 Å². The van der Waals surface area contributed by atoms with Gasteiger partial charge >= 0.3 is 5.63 Å². The molecule has 28 heavy (non-hydrogen) atoms. The van der Waals surface area contributed by atoms with E-state index in [4.69, 9.17) is 9.15 Å². The molecule has 4 heteroatoms. The van der Waals surface area contributed by atoms with Crippen LogP contribution in [0.4, 0.5) is 0 Å². The zero-order valence-corrected chi connectivity index (χ0v) is 15.3. The first-order chi connectivity index (χ1) is 13.6. The van der Waals surface area contributed by atoms with Gasteiger partial charge in [-0.3, -0.25) is 4.79 Å². The van der Waals surface area contributed by atoms with Crippen molar-refractivity contribution in [1.82, 2.24) is 0 Å². The predicted octanol–water partition coefficient (Wildman–Crippen LogP) is 5.10. The number of hydrogen-bond donors (Lipinski definition) is 0. The average Bonchev–Trinajstić information content (AvgIpc) is 2.72. The molecule has 0 aliphatic carbocycles. The van der Waals surface area contributed by atoms with Crippen LogP contribution in [-0.2, 0) is 0 Å². The zero-order chi connectivity index (χ0) is 19.5. The normalized spacial score (nSPS) is 11.9. The molecule has 1 atom stereocenters. The molecule has 0 aliphatic heterocycles. The molecule has 1 aromatic heterocycles. The molecule has 0 aliphatic rings. The van der Waals surface area contributed by atoms with Crippen LogP contribution in [0.15, 0.2) is 94.1 Å². The molecule has 0 amide bonds. The molecule has 0 radical (unpaired) electrons. The lowest BCUT2D eigenvalue weighted by atomic mass is 9.99. The predicted molar refractivity (Wildman–Crippen MR) is 108 cm³/mol. The Hall–Kier alpha value is -3.66. The van der Waals surface area contributed by atoms with Crippen molar-refractivity contribution in [2.24, 2.45) is 0 Å². The number of rotatable bonds is 5. The standard InChI is InChI=1S/C24H18O4/c1-16-14-22(25)28-21-15-19(12-13-20(16)21)27-24(18-10-6-3-7-11-18)23(26)17-8-4-2-5-9-17/h2-15,24H,1H3/t24-/m1/s1. The summed E-state index contributed by atoms with van der Waals surface area (Å²) in [7, 11) is 0.